The van der Waals surface area contributed by atoms with Gasteiger partial charge < -0.3 is 5.32 Å². The number of hydrogen-bond acceptors (Lipinski definition) is 1. The lowest BCUT2D eigenvalue weighted by atomic mass is 10.1. The second-order valence-electron chi connectivity index (χ2n) is 4.23. The fourth-order valence-electron chi connectivity index (χ4n) is 1.75. The molecule has 0 radical (unpaired) electrons. The fourth-order valence-corrected chi connectivity index (χ4v) is 1.95. The number of aryl methyl sites for hydroxylation is 1. The highest BCUT2D eigenvalue weighted by molar-refractivity contribution is 6.33. The molecule has 0 aliphatic carbocycles. The van der Waals surface area contributed by atoms with Crippen LogP contribution in [-0.4, -0.2) is 5.91 Å². The molecule has 0 fully saturated rings. The number of benzene rings is 2. The molecule has 0 aliphatic rings. The Bertz CT molecular complexity index is 613. The average molecular weight is 278 g/mol. The van der Waals surface area contributed by atoms with Crippen molar-refractivity contribution in [2.24, 2.45) is 0 Å². The van der Waals surface area contributed by atoms with Crippen LogP contribution >= 0.6 is 11.6 Å². The topological polar surface area (TPSA) is 29.1 Å². The molecule has 0 aliphatic heterocycles. The summed E-state index contributed by atoms with van der Waals surface area (Å²) in [6, 6.07) is 11.5. The molecule has 0 aromatic heterocycles. The summed E-state index contributed by atoms with van der Waals surface area (Å²) in [5.74, 6) is -0.863. The lowest BCUT2D eigenvalue weighted by molar-refractivity contribution is 0.0950. The zero-order chi connectivity index (χ0) is 13.8. The molecule has 0 atom stereocenters. The van der Waals surface area contributed by atoms with Crippen LogP contribution in [0.2, 0.25) is 5.02 Å². The number of rotatable bonds is 3. The van der Waals surface area contributed by atoms with E-state index in [-0.39, 0.29) is 16.5 Å². The van der Waals surface area contributed by atoms with Crippen molar-refractivity contribution in [3.63, 3.8) is 0 Å². The van der Waals surface area contributed by atoms with Gasteiger partial charge in [0.05, 0.1) is 10.6 Å². The summed E-state index contributed by atoms with van der Waals surface area (Å²) in [5, 5.41) is 2.97. The molecule has 2 aromatic rings. The predicted octanol–water partition coefficient (Wildman–Crippen LogP) is 3.72. The molecular weight excluding hydrogens is 265 g/mol. The number of amides is 1. The Labute approximate surface area is 116 Å². The molecule has 2 rings (SSSR count). The highest BCUT2D eigenvalue weighted by Gasteiger charge is 2.11. The van der Waals surface area contributed by atoms with E-state index in [0.717, 1.165) is 17.2 Å². The number of carbonyl (C=O) groups is 1. The van der Waals surface area contributed by atoms with Crippen molar-refractivity contribution in [1.29, 1.82) is 0 Å². The molecule has 1 amide bonds. The Morgan fingerprint density at radius 2 is 2.00 bits per heavy atom. The quantitative estimate of drug-likeness (QED) is 0.910. The Kier molecular flexibility index (Phi) is 4.17. The molecular formula is C15H13ClFNO. The highest BCUT2D eigenvalue weighted by atomic mass is 35.5. The standard InChI is InChI=1S/C15H13ClFNO/c1-10-4-2-3-5-11(10)9-18-15(19)13-8-12(17)6-7-14(13)16/h2-8H,9H2,1H3,(H,18,19). The van der Waals surface area contributed by atoms with E-state index in [9.17, 15) is 9.18 Å². The SMILES string of the molecule is Cc1ccccc1CNC(=O)c1cc(F)ccc1Cl. The van der Waals surface area contributed by atoms with E-state index in [4.69, 9.17) is 11.6 Å². The monoisotopic (exact) mass is 277 g/mol. The van der Waals surface area contributed by atoms with Crippen LogP contribution < -0.4 is 5.32 Å². The molecule has 0 saturated heterocycles. The maximum absolute atomic E-state index is 13.1. The van der Waals surface area contributed by atoms with Gasteiger partial charge in [-0.25, -0.2) is 4.39 Å². The first-order chi connectivity index (χ1) is 9.08. The van der Waals surface area contributed by atoms with Crippen molar-refractivity contribution in [2.75, 3.05) is 0 Å². The molecule has 1 N–H and O–H groups in total. The summed E-state index contributed by atoms with van der Waals surface area (Å²) in [7, 11) is 0. The van der Waals surface area contributed by atoms with Gasteiger partial charge in [-0.1, -0.05) is 35.9 Å². The van der Waals surface area contributed by atoms with Crippen LogP contribution in [0, 0.1) is 12.7 Å². The minimum absolute atomic E-state index is 0.148. The van der Waals surface area contributed by atoms with Crippen LogP contribution in [0.25, 0.3) is 0 Å². The van der Waals surface area contributed by atoms with E-state index in [1.165, 1.54) is 12.1 Å². The van der Waals surface area contributed by atoms with Crippen LogP contribution in [0.3, 0.4) is 0 Å². The minimum Gasteiger partial charge on any atom is -0.348 e. The molecule has 2 aromatic carbocycles. The van der Waals surface area contributed by atoms with Crippen molar-refractivity contribution in [3.8, 4) is 0 Å². The molecule has 0 spiro atoms. The van der Waals surface area contributed by atoms with Crippen LogP contribution in [0.5, 0.6) is 0 Å². The van der Waals surface area contributed by atoms with Crippen LogP contribution in [0.1, 0.15) is 21.5 Å². The molecule has 2 nitrogen and oxygen atoms in total. The normalized spacial score (nSPS) is 10.3. The Balaban J connectivity index is 2.10. The van der Waals surface area contributed by atoms with E-state index in [1.54, 1.807) is 0 Å². The van der Waals surface area contributed by atoms with E-state index >= 15 is 0 Å². The Morgan fingerprint density at radius 1 is 1.26 bits per heavy atom. The lowest BCUT2D eigenvalue weighted by Crippen LogP contribution is -2.23. The largest absolute Gasteiger partial charge is 0.348 e. The summed E-state index contributed by atoms with van der Waals surface area (Å²) >= 11 is 5.88. The van der Waals surface area contributed by atoms with Crippen LogP contribution in [0.15, 0.2) is 42.5 Å². The summed E-state index contributed by atoms with van der Waals surface area (Å²) in [6.45, 7) is 2.36. The van der Waals surface area contributed by atoms with Gasteiger partial charge in [0, 0.05) is 6.54 Å². The van der Waals surface area contributed by atoms with Gasteiger partial charge in [0.25, 0.3) is 5.91 Å². The minimum atomic E-state index is -0.481. The van der Waals surface area contributed by atoms with Crippen LogP contribution in [-0.2, 0) is 6.54 Å². The van der Waals surface area contributed by atoms with Gasteiger partial charge in [0.15, 0.2) is 0 Å². The van der Waals surface area contributed by atoms with Gasteiger partial charge >= 0.3 is 0 Å². The molecule has 4 heteroatoms. The van der Waals surface area contributed by atoms with Gasteiger partial charge in [-0.2, -0.15) is 0 Å². The first kappa shape index (κ1) is 13.6. The second kappa shape index (κ2) is 5.85. The number of carbonyl (C=O) groups excluding carboxylic acids is 1. The van der Waals surface area contributed by atoms with Crippen molar-refractivity contribution in [3.05, 3.63) is 70.0 Å². The molecule has 0 heterocycles. The molecule has 0 unspecified atom stereocenters. The summed E-state index contributed by atoms with van der Waals surface area (Å²) < 4.78 is 13.1. The van der Waals surface area contributed by atoms with Crippen molar-refractivity contribution in [2.45, 2.75) is 13.5 Å². The number of nitrogens with one attached hydrogen (secondary N) is 1. The van der Waals surface area contributed by atoms with E-state index in [1.807, 2.05) is 31.2 Å². The van der Waals surface area contributed by atoms with E-state index in [2.05, 4.69) is 5.32 Å². The maximum Gasteiger partial charge on any atom is 0.253 e. The summed E-state index contributed by atoms with van der Waals surface area (Å²) in [5.41, 5.74) is 2.26. The third kappa shape index (κ3) is 3.32. The zero-order valence-electron chi connectivity index (χ0n) is 10.4. The van der Waals surface area contributed by atoms with Crippen molar-refractivity contribution in [1.82, 2.24) is 5.32 Å². The van der Waals surface area contributed by atoms with Crippen molar-refractivity contribution >= 4 is 17.5 Å². The Morgan fingerprint density at radius 3 is 2.74 bits per heavy atom. The Hall–Kier alpha value is -1.87. The summed E-state index contributed by atoms with van der Waals surface area (Å²) in [6.07, 6.45) is 0. The van der Waals surface area contributed by atoms with Crippen LogP contribution in [0.4, 0.5) is 4.39 Å². The smallest absolute Gasteiger partial charge is 0.253 e. The van der Waals surface area contributed by atoms with E-state index < -0.39 is 5.82 Å². The molecule has 98 valence electrons. The summed E-state index contributed by atoms with van der Waals surface area (Å²) in [4.78, 5) is 11.9. The lowest BCUT2D eigenvalue weighted by Gasteiger charge is -2.09. The fraction of sp³-hybridized carbons (Fsp3) is 0.133. The maximum atomic E-state index is 13.1. The third-order valence-corrected chi connectivity index (χ3v) is 3.20. The molecule has 0 bridgehead atoms. The van der Waals surface area contributed by atoms with E-state index in [0.29, 0.717) is 6.54 Å². The number of hydrogen-bond donors (Lipinski definition) is 1. The van der Waals surface area contributed by atoms with Crippen molar-refractivity contribution < 1.29 is 9.18 Å². The highest BCUT2D eigenvalue weighted by Crippen LogP contribution is 2.17. The van der Waals surface area contributed by atoms with Gasteiger partial charge in [-0.15, -0.1) is 0 Å². The third-order valence-electron chi connectivity index (χ3n) is 2.87. The first-order valence-electron chi connectivity index (χ1n) is 5.85. The molecule has 19 heavy (non-hydrogen) atoms. The van der Waals surface area contributed by atoms with Gasteiger partial charge in [0.1, 0.15) is 5.82 Å². The molecule has 0 saturated carbocycles. The number of halogens is 2. The van der Waals surface area contributed by atoms with Gasteiger partial charge in [-0.3, -0.25) is 4.79 Å². The van der Waals surface area contributed by atoms with Gasteiger partial charge in [-0.05, 0) is 36.2 Å². The first-order valence-corrected chi connectivity index (χ1v) is 6.23. The predicted molar refractivity (Wildman–Crippen MR) is 73.8 cm³/mol. The van der Waals surface area contributed by atoms with Gasteiger partial charge in [0.2, 0.25) is 0 Å². The second-order valence-corrected chi connectivity index (χ2v) is 4.64. The average Bonchev–Trinajstić information content (AvgIpc) is 2.40. The zero-order valence-corrected chi connectivity index (χ0v) is 11.2.